The first-order chi connectivity index (χ1) is 14.2. The van der Waals surface area contributed by atoms with E-state index in [-0.39, 0.29) is 5.56 Å². The lowest BCUT2D eigenvalue weighted by Crippen LogP contribution is -2.37. The third kappa shape index (κ3) is 3.48. The van der Waals surface area contributed by atoms with E-state index in [9.17, 15) is 4.79 Å². The Kier molecular flexibility index (Phi) is 4.70. The highest BCUT2D eigenvalue weighted by Gasteiger charge is 2.23. The average Bonchev–Trinajstić information content (AvgIpc) is 3.21. The standard InChI is InChI=1S/C23H26N4O2/c1-29-18-5-6-21-19(14-18)22(7-10-24-21)26-11-8-16(9-12-26)15-27-23(28)13-17-3-2-4-20(17)25-27/h5-7,10,13-14,16H,2-4,8-9,11-12,15H2,1H3. The second kappa shape index (κ2) is 7.50. The zero-order valence-corrected chi connectivity index (χ0v) is 16.8. The van der Waals surface area contributed by atoms with Crippen LogP contribution in [0.5, 0.6) is 5.75 Å². The Labute approximate surface area is 170 Å². The smallest absolute Gasteiger partial charge is 0.267 e. The molecule has 0 atom stereocenters. The molecule has 0 radical (unpaired) electrons. The minimum absolute atomic E-state index is 0.0558. The summed E-state index contributed by atoms with van der Waals surface area (Å²) in [5.41, 5.74) is 4.53. The quantitative estimate of drug-likeness (QED) is 0.685. The molecule has 0 N–H and O–H groups in total. The van der Waals surface area contributed by atoms with Gasteiger partial charge in [-0.15, -0.1) is 0 Å². The van der Waals surface area contributed by atoms with E-state index in [1.807, 2.05) is 18.3 Å². The Morgan fingerprint density at radius 3 is 2.83 bits per heavy atom. The van der Waals surface area contributed by atoms with Gasteiger partial charge in [-0.25, -0.2) is 4.68 Å². The second-order valence-electron chi connectivity index (χ2n) is 8.13. The van der Waals surface area contributed by atoms with Crippen LogP contribution in [0.3, 0.4) is 0 Å². The molecule has 6 nitrogen and oxygen atoms in total. The lowest BCUT2D eigenvalue weighted by Gasteiger charge is -2.34. The number of piperidine rings is 1. The fourth-order valence-electron chi connectivity index (χ4n) is 4.68. The summed E-state index contributed by atoms with van der Waals surface area (Å²) in [5, 5.41) is 5.78. The van der Waals surface area contributed by atoms with E-state index in [0.717, 1.165) is 79.6 Å². The van der Waals surface area contributed by atoms with Gasteiger partial charge in [0.15, 0.2) is 0 Å². The van der Waals surface area contributed by atoms with Crippen molar-refractivity contribution in [1.29, 1.82) is 0 Å². The molecule has 1 aliphatic carbocycles. The summed E-state index contributed by atoms with van der Waals surface area (Å²) < 4.78 is 7.11. The van der Waals surface area contributed by atoms with Gasteiger partial charge in [-0.3, -0.25) is 9.78 Å². The van der Waals surface area contributed by atoms with Crippen molar-refractivity contribution >= 4 is 16.6 Å². The van der Waals surface area contributed by atoms with E-state index in [1.165, 1.54) is 5.69 Å². The molecule has 0 bridgehead atoms. The predicted octanol–water partition coefficient (Wildman–Crippen LogP) is 3.21. The van der Waals surface area contributed by atoms with Crippen molar-refractivity contribution in [2.24, 2.45) is 5.92 Å². The van der Waals surface area contributed by atoms with Crippen LogP contribution < -0.4 is 15.2 Å². The van der Waals surface area contributed by atoms with Crippen molar-refractivity contribution in [1.82, 2.24) is 14.8 Å². The molecule has 5 rings (SSSR count). The number of fused-ring (bicyclic) bond motifs is 2. The van der Waals surface area contributed by atoms with Gasteiger partial charge in [0, 0.05) is 43.0 Å². The number of hydrogen-bond acceptors (Lipinski definition) is 5. The SMILES string of the molecule is COc1ccc2nccc(N3CCC(Cn4nc5c(cc4=O)CCC5)CC3)c2c1. The van der Waals surface area contributed by atoms with Gasteiger partial charge in [-0.1, -0.05) is 0 Å². The zero-order chi connectivity index (χ0) is 19.8. The fourth-order valence-corrected chi connectivity index (χ4v) is 4.68. The normalized spacial score (nSPS) is 16.9. The summed E-state index contributed by atoms with van der Waals surface area (Å²) in [5.74, 6) is 1.34. The largest absolute Gasteiger partial charge is 0.497 e. The van der Waals surface area contributed by atoms with E-state index in [0.29, 0.717) is 5.92 Å². The summed E-state index contributed by atoms with van der Waals surface area (Å²) in [6.07, 6.45) is 7.12. The predicted molar refractivity (Wildman–Crippen MR) is 114 cm³/mol. The summed E-state index contributed by atoms with van der Waals surface area (Å²) in [6, 6.07) is 9.93. The molecule has 1 aromatic carbocycles. The highest BCUT2D eigenvalue weighted by molar-refractivity contribution is 5.92. The highest BCUT2D eigenvalue weighted by atomic mass is 16.5. The Morgan fingerprint density at radius 1 is 1.14 bits per heavy atom. The molecule has 1 aliphatic heterocycles. The molecule has 3 heterocycles. The monoisotopic (exact) mass is 390 g/mol. The molecule has 1 saturated heterocycles. The van der Waals surface area contributed by atoms with Crippen LogP contribution in [0.4, 0.5) is 5.69 Å². The van der Waals surface area contributed by atoms with Crippen molar-refractivity contribution in [2.75, 3.05) is 25.1 Å². The fraction of sp³-hybridized carbons (Fsp3) is 0.435. The summed E-state index contributed by atoms with van der Waals surface area (Å²) in [6.45, 7) is 2.67. The second-order valence-corrected chi connectivity index (χ2v) is 8.13. The molecule has 2 aromatic heterocycles. The number of anilines is 1. The number of nitrogens with zero attached hydrogens (tertiary/aromatic N) is 4. The van der Waals surface area contributed by atoms with Crippen LogP contribution in [-0.4, -0.2) is 35.0 Å². The maximum atomic E-state index is 12.4. The van der Waals surface area contributed by atoms with Crippen LogP contribution in [-0.2, 0) is 19.4 Å². The molecule has 0 unspecified atom stereocenters. The maximum absolute atomic E-state index is 12.4. The molecule has 3 aromatic rings. The number of rotatable bonds is 4. The maximum Gasteiger partial charge on any atom is 0.267 e. The Morgan fingerprint density at radius 2 is 2.00 bits per heavy atom. The van der Waals surface area contributed by atoms with Crippen LogP contribution in [0.1, 0.15) is 30.5 Å². The number of methoxy groups -OCH3 is 1. The topological polar surface area (TPSA) is 60.2 Å². The average molecular weight is 390 g/mol. The molecular formula is C23H26N4O2. The van der Waals surface area contributed by atoms with E-state index in [1.54, 1.807) is 17.9 Å². The Balaban J connectivity index is 1.31. The van der Waals surface area contributed by atoms with E-state index >= 15 is 0 Å². The molecule has 0 amide bonds. The highest BCUT2D eigenvalue weighted by Crippen LogP contribution is 2.31. The molecular weight excluding hydrogens is 364 g/mol. The van der Waals surface area contributed by atoms with E-state index < -0.39 is 0 Å². The van der Waals surface area contributed by atoms with Gasteiger partial charge in [0.05, 0.1) is 18.3 Å². The molecule has 29 heavy (non-hydrogen) atoms. The first-order valence-corrected chi connectivity index (χ1v) is 10.5. The molecule has 0 saturated carbocycles. The number of hydrogen-bond donors (Lipinski definition) is 0. The first kappa shape index (κ1) is 18.2. The molecule has 0 spiro atoms. The number of benzene rings is 1. The number of aromatic nitrogens is 3. The Hall–Kier alpha value is -2.89. The minimum atomic E-state index is 0.0558. The van der Waals surface area contributed by atoms with Crippen molar-refractivity contribution in [3.63, 3.8) is 0 Å². The van der Waals surface area contributed by atoms with Gasteiger partial charge in [-0.2, -0.15) is 5.10 Å². The lowest BCUT2D eigenvalue weighted by atomic mass is 9.96. The molecule has 1 fully saturated rings. The third-order valence-electron chi connectivity index (χ3n) is 6.34. The number of aryl methyl sites for hydroxylation is 2. The van der Waals surface area contributed by atoms with Gasteiger partial charge in [0.1, 0.15) is 5.75 Å². The minimum Gasteiger partial charge on any atom is -0.497 e. The molecule has 6 heteroatoms. The van der Waals surface area contributed by atoms with Crippen LogP contribution in [0.25, 0.3) is 10.9 Å². The van der Waals surface area contributed by atoms with Crippen LogP contribution >= 0.6 is 0 Å². The Bertz CT molecular complexity index is 1100. The molecule has 150 valence electrons. The van der Waals surface area contributed by atoms with Crippen LogP contribution in [0.2, 0.25) is 0 Å². The van der Waals surface area contributed by atoms with Crippen molar-refractivity contribution in [3.05, 3.63) is 58.1 Å². The van der Waals surface area contributed by atoms with E-state index in [4.69, 9.17) is 4.74 Å². The third-order valence-corrected chi connectivity index (χ3v) is 6.34. The summed E-state index contributed by atoms with van der Waals surface area (Å²) in [4.78, 5) is 19.3. The van der Waals surface area contributed by atoms with Crippen molar-refractivity contribution in [3.8, 4) is 5.75 Å². The number of ether oxygens (including phenoxy) is 1. The van der Waals surface area contributed by atoms with Gasteiger partial charge < -0.3 is 9.64 Å². The number of pyridine rings is 1. The van der Waals surface area contributed by atoms with Crippen molar-refractivity contribution in [2.45, 2.75) is 38.6 Å². The van der Waals surface area contributed by atoms with Crippen LogP contribution in [0.15, 0.2) is 41.3 Å². The first-order valence-electron chi connectivity index (χ1n) is 10.5. The lowest BCUT2D eigenvalue weighted by molar-refractivity contribution is 0.334. The molecule has 2 aliphatic rings. The van der Waals surface area contributed by atoms with E-state index in [2.05, 4.69) is 27.1 Å². The summed E-state index contributed by atoms with van der Waals surface area (Å²) >= 11 is 0. The van der Waals surface area contributed by atoms with Gasteiger partial charge in [-0.05, 0) is 67.9 Å². The van der Waals surface area contributed by atoms with Crippen LogP contribution in [0, 0.1) is 5.92 Å². The zero-order valence-electron chi connectivity index (χ0n) is 16.8. The van der Waals surface area contributed by atoms with Gasteiger partial charge in [0.2, 0.25) is 0 Å². The summed E-state index contributed by atoms with van der Waals surface area (Å²) in [7, 11) is 1.69. The van der Waals surface area contributed by atoms with Gasteiger partial charge in [0.25, 0.3) is 5.56 Å². The van der Waals surface area contributed by atoms with Gasteiger partial charge >= 0.3 is 0 Å². The van der Waals surface area contributed by atoms with Crippen molar-refractivity contribution < 1.29 is 4.74 Å².